The summed E-state index contributed by atoms with van der Waals surface area (Å²) in [4.78, 5) is 28.6. The minimum Gasteiger partial charge on any atom is -0.329 e. The van der Waals surface area contributed by atoms with Crippen molar-refractivity contribution in [1.29, 1.82) is 0 Å². The minimum atomic E-state index is -0.147. The molecule has 3 aromatic rings. The molecule has 2 heterocycles. The Balaban J connectivity index is 1.71. The summed E-state index contributed by atoms with van der Waals surface area (Å²) < 4.78 is 0. The molecule has 0 radical (unpaired) electrons. The number of hydrogen-bond donors (Lipinski definition) is 2. The van der Waals surface area contributed by atoms with Crippen molar-refractivity contribution in [1.82, 2.24) is 4.98 Å². The molecular weight excluding hydrogens is 308 g/mol. The molecule has 116 valence electrons. The Labute approximate surface area is 137 Å². The fourth-order valence-electron chi connectivity index (χ4n) is 3.20. The molecule has 4 rings (SSSR count). The van der Waals surface area contributed by atoms with Gasteiger partial charge in [-0.2, -0.15) is 0 Å². The molecule has 0 bridgehead atoms. The van der Waals surface area contributed by atoms with Gasteiger partial charge < -0.3 is 10.3 Å². The van der Waals surface area contributed by atoms with Crippen LogP contribution >= 0.6 is 11.3 Å². The molecule has 0 atom stereocenters. The van der Waals surface area contributed by atoms with E-state index in [-0.39, 0.29) is 11.5 Å². The Bertz CT molecular complexity index is 955. The van der Waals surface area contributed by atoms with Crippen LogP contribution in [-0.4, -0.2) is 10.9 Å². The number of aromatic nitrogens is 1. The van der Waals surface area contributed by atoms with E-state index in [0.717, 1.165) is 30.2 Å². The number of carbonyl (C=O) groups is 1. The van der Waals surface area contributed by atoms with Crippen LogP contribution in [0.25, 0.3) is 10.8 Å². The largest absolute Gasteiger partial charge is 0.329 e. The van der Waals surface area contributed by atoms with E-state index in [2.05, 4.69) is 10.3 Å². The highest BCUT2D eigenvalue weighted by Gasteiger charge is 2.20. The number of aryl methyl sites for hydroxylation is 1. The molecule has 0 aliphatic heterocycles. The van der Waals surface area contributed by atoms with E-state index in [1.165, 1.54) is 16.9 Å². The molecule has 0 saturated carbocycles. The Hall–Kier alpha value is -2.40. The maximum absolute atomic E-state index is 12.7. The van der Waals surface area contributed by atoms with Gasteiger partial charge >= 0.3 is 0 Å². The number of amides is 1. The second-order valence-electron chi connectivity index (χ2n) is 5.79. The lowest BCUT2D eigenvalue weighted by Crippen LogP contribution is -2.15. The van der Waals surface area contributed by atoms with Gasteiger partial charge in [0.25, 0.3) is 11.5 Å². The number of aromatic amines is 1. The molecule has 4 nitrogen and oxygen atoms in total. The van der Waals surface area contributed by atoms with Gasteiger partial charge in [-0.15, -0.1) is 11.3 Å². The van der Waals surface area contributed by atoms with E-state index in [4.69, 9.17) is 0 Å². The van der Waals surface area contributed by atoms with E-state index < -0.39 is 0 Å². The standard InChI is InChI=1S/C18H16N2O2S/c21-17-13-5-3-6-15(11(13)8-9-19-17)20-18(22)14-10-23-16-7-2-1-4-12(14)16/h3,5-6,8-10H,1-2,4,7H2,(H,19,21)(H,20,22). The van der Waals surface area contributed by atoms with Crippen LogP contribution in [0.4, 0.5) is 5.69 Å². The average molecular weight is 324 g/mol. The summed E-state index contributed by atoms with van der Waals surface area (Å²) >= 11 is 1.68. The number of pyridine rings is 1. The Morgan fingerprint density at radius 3 is 2.91 bits per heavy atom. The first kappa shape index (κ1) is 14.2. The third-order valence-corrected chi connectivity index (χ3v) is 5.46. The lowest BCUT2D eigenvalue weighted by Gasteiger charge is -2.13. The van der Waals surface area contributed by atoms with Gasteiger partial charge in [-0.05, 0) is 49.4 Å². The number of anilines is 1. The van der Waals surface area contributed by atoms with E-state index in [1.807, 2.05) is 17.5 Å². The molecular formula is C18H16N2O2S. The van der Waals surface area contributed by atoms with Crippen molar-refractivity contribution in [2.45, 2.75) is 25.7 Å². The maximum atomic E-state index is 12.7. The summed E-state index contributed by atoms with van der Waals surface area (Å²) in [7, 11) is 0. The van der Waals surface area contributed by atoms with E-state index >= 15 is 0 Å². The number of H-pyrrole nitrogens is 1. The molecule has 23 heavy (non-hydrogen) atoms. The van der Waals surface area contributed by atoms with Crippen LogP contribution in [-0.2, 0) is 12.8 Å². The predicted molar refractivity (Wildman–Crippen MR) is 93.5 cm³/mol. The third-order valence-electron chi connectivity index (χ3n) is 4.37. The van der Waals surface area contributed by atoms with E-state index in [9.17, 15) is 9.59 Å². The van der Waals surface area contributed by atoms with Gasteiger partial charge in [-0.3, -0.25) is 9.59 Å². The van der Waals surface area contributed by atoms with Crippen LogP contribution in [0.2, 0.25) is 0 Å². The number of carbonyl (C=O) groups excluding carboxylic acids is 1. The Kier molecular flexibility index (Phi) is 3.50. The minimum absolute atomic E-state index is 0.0859. The van der Waals surface area contributed by atoms with Gasteiger partial charge in [-0.25, -0.2) is 0 Å². The molecule has 0 unspecified atom stereocenters. The van der Waals surface area contributed by atoms with Crippen molar-refractivity contribution in [3.63, 3.8) is 0 Å². The Morgan fingerprint density at radius 1 is 1.13 bits per heavy atom. The Morgan fingerprint density at radius 2 is 2.00 bits per heavy atom. The molecule has 2 aromatic heterocycles. The molecule has 2 N–H and O–H groups in total. The van der Waals surface area contributed by atoms with Crippen molar-refractivity contribution in [3.8, 4) is 0 Å². The van der Waals surface area contributed by atoms with Crippen molar-refractivity contribution in [2.24, 2.45) is 0 Å². The van der Waals surface area contributed by atoms with Crippen molar-refractivity contribution < 1.29 is 4.79 Å². The first-order chi connectivity index (χ1) is 11.2. The number of nitrogens with one attached hydrogen (secondary N) is 2. The zero-order valence-electron chi connectivity index (χ0n) is 12.5. The van der Waals surface area contributed by atoms with Crippen LogP contribution in [0.1, 0.15) is 33.6 Å². The molecule has 1 aromatic carbocycles. The molecule has 1 aliphatic carbocycles. The van der Waals surface area contributed by atoms with E-state index in [1.54, 1.807) is 29.7 Å². The highest BCUT2D eigenvalue weighted by molar-refractivity contribution is 7.10. The third kappa shape index (κ3) is 2.47. The van der Waals surface area contributed by atoms with Crippen LogP contribution in [0, 0.1) is 0 Å². The van der Waals surface area contributed by atoms with Gasteiger partial charge in [0.2, 0.25) is 0 Å². The lowest BCUT2D eigenvalue weighted by atomic mass is 9.95. The highest BCUT2D eigenvalue weighted by atomic mass is 32.1. The smallest absolute Gasteiger partial charge is 0.256 e. The van der Waals surface area contributed by atoms with Gasteiger partial charge in [0.15, 0.2) is 0 Å². The molecule has 0 spiro atoms. The number of fused-ring (bicyclic) bond motifs is 2. The maximum Gasteiger partial charge on any atom is 0.256 e. The summed E-state index contributed by atoms with van der Waals surface area (Å²) in [5.74, 6) is -0.0859. The van der Waals surface area contributed by atoms with Crippen molar-refractivity contribution in [3.05, 3.63) is 62.2 Å². The molecule has 0 saturated heterocycles. The second kappa shape index (κ2) is 5.66. The van der Waals surface area contributed by atoms with Crippen molar-refractivity contribution >= 4 is 33.7 Å². The molecule has 5 heteroatoms. The quantitative estimate of drug-likeness (QED) is 0.754. The summed E-state index contributed by atoms with van der Waals surface area (Å²) in [6, 6.07) is 7.19. The van der Waals surface area contributed by atoms with Crippen molar-refractivity contribution in [2.75, 3.05) is 5.32 Å². The monoisotopic (exact) mass is 324 g/mol. The van der Waals surface area contributed by atoms with Gasteiger partial charge in [-0.1, -0.05) is 6.07 Å². The average Bonchev–Trinajstić information content (AvgIpc) is 3.00. The van der Waals surface area contributed by atoms with Crippen LogP contribution < -0.4 is 10.9 Å². The lowest BCUT2D eigenvalue weighted by molar-refractivity contribution is 0.102. The fourth-order valence-corrected chi connectivity index (χ4v) is 4.33. The second-order valence-corrected chi connectivity index (χ2v) is 6.75. The first-order valence-electron chi connectivity index (χ1n) is 7.75. The van der Waals surface area contributed by atoms with Crippen LogP contribution in [0.5, 0.6) is 0 Å². The van der Waals surface area contributed by atoms with Gasteiger partial charge in [0, 0.05) is 32.9 Å². The zero-order chi connectivity index (χ0) is 15.8. The summed E-state index contributed by atoms with van der Waals surface area (Å²) in [6.45, 7) is 0. The fraction of sp³-hybridized carbons (Fsp3) is 0.222. The highest BCUT2D eigenvalue weighted by Crippen LogP contribution is 2.31. The summed E-state index contributed by atoms with van der Waals surface area (Å²) in [5, 5.41) is 6.28. The zero-order valence-corrected chi connectivity index (χ0v) is 13.3. The number of benzene rings is 1. The van der Waals surface area contributed by atoms with Gasteiger partial charge in [0.1, 0.15) is 0 Å². The molecule has 1 amide bonds. The van der Waals surface area contributed by atoms with Crippen LogP contribution in [0.15, 0.2) is 40.6 Å². The predicted octanol–water partition coefficient (Wildman–Crippen LogP) is 3.72. The number of thiophene rings is 1. The van der Waals surface area contributed by atoms with Gasteiger partial charge in [0.05, 0.1) is 5.56 Å². The molecule has 1 aliphatic rings. The first-order valence-corrected chi connectivity index (χ1v) is 8.63. The summed E-state index contributed by atoms with van der Waals surface area (Å²) in [5.41, 5.74) is 2.52. The number of rotatable bonds is 2. The summed E-state index contributed by atoms with van der Waals surface area (Å²) in [6.07, 6.45) is 6.02. The van der Waals surface area contributed by atoms with Crippen LogP contribution in [0.3, 0.4) is 0 Å². The van der Waals surface area contributed by atoms with E-state index in [0.29, 0.717) is 11.1 Å². The SMILES string of the molecule is O=C(Nc1cccc2c(=O)[nH]ccc12)c1csc2c1CCCC2. The normalized spacial score (nSPS) is 13.7. The number of hydrogen-bond acceptors (Lipinski definition) is 3. The molecule has 0 fully saturated rings. The topological polar surface area (TPSA) is 62.0 Å².